The maximum Gasteiger partial charge on any atom is 0.193 e. The molecule has 5 heteroatoms. The summed E-state index contributed by atoms with van der Waals surface area (Å²) < 4.78 is 5.63. The van der Waals surface area contributed by atoms with Crippen molar-refractivity contribution in [2.24, 2.45) is 10.4 Å². The Labute approximate surface area is 173 Å². The van der Waals surface area contributed by atoms with E-state index < -0.39 is 0 Å². The lowest BCUT2D eigenvalue weighted by Crippen LogP contribution is -2.42. The first-order chi connectivity index (χ1) is 12.3. The quantitative estimate of drug-likeness (QED) is 0.427. The Bertz CT molecular complexity index is 771. The molecule has 2 aromatic rings. The van der Waals surface area contributed by atoms with Gasteiger partial charge in [-0.05, 0) is 35.6 Å². The minimum absolute atomic E-state index is 0. The molecule has 1 N–H and O–H groups in total. The van der Waals surface area contributed by atoms with Crippen molar-refractivity contribution < 1.29 is 4.74 Å². The van der Waals surface area contributed by atoms with Gasteiger partial charge in [-0.15, -0.1) is 24.0 Å². The van der Waals surface area contributed by atoms with E-state index in [1.54, 1.807) is 0 Å². The van der Waals surface area contributed by atoms with Crippen LogP contribution in [-0.2, 0) is 11.2 Å². The standard InChI is InChI=1S/C21H27N3O.HI/c1-22-20(24-12-9-21(15-24)10-13-25-16-21)23-11-8-17-6-7-18-4-2-3-5-19(18)14-17;/h2-7,14H,8-13,15-16H2,1H3,(H,22,23);1H. The van der Waals surface area contributed by atoms with Crippen LogP contribution in [0, 0.1) is 5.41 Å². The Hall–Kier alpha value is -1.34. The van der Waals surface area contributed by atoms with Gasteiger partial charge in [0, 0.05) is 38.7 Å². The number of halogens is 1. The summed E-state index contributed by atoms with van der Waals surface area (Å²) in [6, 6.07) is 15.3. The molecule has 4 nitrogen and oxygen atoms in total. The van der Waals surface area contributed by atoms with E-state index in [1.807, 2.05) is 7.05 Å². The molecule has 2 aromatic carbocycles. The van der Waals surface area contributed by atoms with Crippen LogP contribution in [0.2, 0.25) is 0 Å². The summed E-state index contributed by atoms with van der Waals surface area (Å²) in [5.74, 6) is 1.03. The molecular formula is C21H28IN3O. The minimum atomic E-state index is 0. The van der Waals surface area contributed by atoms with E-state index in [4.69, 9.17) is 4.74 Å². The molecule has 0 saturated carbocycles. The first kappa shape index (κ1) is 19.4. The molecule has 2 saturated heterocycles. The summed E-state index contributed by atoms with van der Waals surface area (Å²) in [5.41, 5.74) is 1.74. The third-order valence-corrected chi connectivity index (χ3v) is 5.65. The molecule has 140 valence electrons. The van der Waals surface area contributed by atoms with Crippen LogP contribution in [0.1, 0.15) is 18.4 Å². The molecule has 1 spiro atoms. The van der Waals surface area contributed by atoms with Gasteiger partial charge in [-0.1, -0.05) is 42.5 Å². The molecule has 0 radical (unpaired) electrons. The number of benzene rings is 2. The Kier molecular flexibility index (Phi) is 6.40. The minimum Gasteiger partial charge on any atom is -0.381 e. The van der Waals surface area contributed by atoms with Crippen LogP contribution in [0.5, 0.6) is 0 Å². The average molecular weight is 465 g/mol. The molecular weight excluding hydrogens is 437 g/mol. The molecule has 2 aliphatic rings. The van der Waals surface area contributed by atoms with E-state index in [0.29, 0.717) is 5.41 Å². The number of rotatable bonds is 3. The number of likely N-dealkylation sites (tertiary alicyclic amines) is 1. The molecule has 0 aromatic heterocycles. The summed E-state index contributed by atoms with van der Waals surface area (Å²) in [7, 11) is 1.88. The van der Waals surface area contributed by atoms with Crippen LogP contribution in [0.3, 0.4) is 0 Å². The number of aliphatic imine (C=N–C) groups is 1. The van der Waals surface area contributed by atoms with Crippen LogP contribution >= 0.6 is 24.0 Å². The Morgan fingerprint density at radius 3 is 2.81 bits per heavy atom. The van der Waals surface area contributed by atoms with E-state index in [-0.39, 0.29) is 24.0 Å². The first-order valence-electron chi connectivity index (χ1n) is 9.29. The van der Waals surface area contributed by atoms with Crippen molar-refractivity contribution >= 4 is 40.7 Å². The zero-order valence-electron chi connectivity index (χ0n) is 15.4. The van der Waals surface area contributed by atoms with Crippen LogP contribution in [0.25, 0.3) is 10.8 Å². The van der Waals surface area contributed by atoms with E-state index in [2.05, 4.69) is 57.7 Å². The van der Waals surface area contributed by atoms with Crippen molar-refractivity contribution in [3.8, 4) is 0 Å². The number of hydrogen-bond acceptors (Lipinski definition) is 2. The van der Waals surface area contributed by atoms with Crippen molar-refractivity contribution in [3.63, 3.8) is 0 Å². The highest BCUT2D eigenvalue weighted by Gasteiger charge is 2.42. The van der Waals surface area contributed by atoms with Crippen molar-refractivity contribution in [3.05, 3.63) is 48.0 Å². The third-order valence-electron chi connectivity index (χ3n) is 5.65. The Morgan fingerprint density at radius 1 is 1.19 bits per heavy atom. The fourth-order valence-electron chi connectivity index (χ4n) is 4.13. The number of guanidine groups is 1. The second-order valence-electron chi connectivity index (χ2n) is 7.38. The predicted molar refractivity (Wildman–Crippen MR) is 118 cm³/mol. The van der Waals surface area contributed by atoms with Crippen LogP contribution in [0.15, 0.2) is 47.5 Å². The Balaban J connectivity index is 0.00000196. The fraction of sp³-hybridized carbons (Fsp3) is 0.476. The van der Waals surface area contributed by atoms with Gasteiger partial charge in [0.1, 0.15) is 0 Å². The summed E-state index contributed by atoms with van der Waals surface area (Å²) >= 11 is 0. The third kappa shape index (κ3) is 4.14. The van der Waals surface area contributed by atoms with Gasteiger partial charge < -0.3 is 15.0 Å². The lowest BCUT2D eigenvalue weighted by molar-refractivity contribution is 0.156. The Morgan fingerprint density at radius 2 is 2.04 bits per heavy atom. The summed E-state index contributed by atoms with van der Waals surface area (Å²) in [5, 5.41) is 6.16. The average Bonchev–Trinajstić information content (AvgIpc) is 3.29. The molecule has 0 amide bonds. The van der Waals surface area contributed by atoms with Crippen LogP contribution in [-0.4, -0.2) is 50.8 Å². The molecule has 26 heavy (non-hydrogen) atoms. The fourth-order valence-corrected chi connectivity index (χ4v) is 4.13. The van der Waals surface area contributed by atoms with Gasteiger partial charge in [-0.3, -0.25) is 4.99 Å². The molecule has 2 fully saturated rings. The van der Waals surface area contributed by atoms with Crippen molar-refractivity contribution in [2.75, 3.05) is 39.9 Å². The number of nitrogens with zero attached hydrogens (tertiary/aromatic N) is 2. The second kappa shape index (κ2) is 8.57. The number of ether oxygens (including phenoxy) is 1. The lowest BCUT2D eigenvalue weighted by atomic mass is 9.87. The smallest absolute Gasteiger partial charge is 0.193 e. The van der Waals surface area contributed by atoms with Crippen LogP contribution < -0.4 is 5.32 Å². The largest absolute Gasteiger partial charge is 0.381 e. The van der Waals surface area contributed by atoms with Gasteiger partial charge in [-0.25, -0.2) is 0 Å². The molecule has 1 unspecified atom stereocenters. The normalized spacial score (nSPS) is 22.8. The van der Waals surface area contributed by atoms with E-state index >= 15 is 0 Å². The van der Waals surface area contributed by atoms with Gasteiger partial charge in [0.15, 0.2) is 5.96 Å². The maximum absolute atomic E-state index is 5.63. The summed E-state index contributed by atoms with van der Waals surface area (Å²) in [6.07, 6.45) is 3.42. The summed E-state index contributed by atoms with van der Waals surface area (Å²) in [6.45, 7) is 4.89. The van der Waals surface area contributed by atoms with Gasteiger partial charge in [-0.2, -0.15) is 0 Å². The molecule has 0 bridgehead atoms. The zero-order valence-corrected chi connectivity index (χ0v) is 17.7. The lowest BCUT2D eigenvalue weighted by Gasteiger charge is -2.25. The number of nitrogens with one attached hydrogen (secondary N) is 1. The highest BCUT2D eigenvalue weighted by Crippen LogP contribution is 2.38. The van der Waals surface area contributed by atoms with Crippen molar-refractivity contribution in [1.82, 2.24) is 10.2 Å². The van der Waals surface area contributed by atoms with Gasteiger partial charge in [0.05, 0.1) is 6.61 Å². The first-order valence-corrected chi connectivity index (χ1v) is 9.29. The summed E-state index contributed by atoms with van der Waals surface area (Å²) in [4.78, 5) is 6.89. The zero-order chi connectivity index (χ0) is 17.1. The SMILES string of the molecule is CN=C(NCCc1ccc2ccccc2c1)N1CCC2(CCOC2)C1.I. The van der Waals surface area contributed by atoms with Crippen molar-refractivity contribution in [1.29, 1.82) is 0 Å². The van der Waals surface area contributed by atoms with Gasteiger partial charge in [0.2, 0.25) is 0 Å². The molecule has 2 aliphatic heterocycles. The number of hydrogen-bond donors (Lipinski definition) is 1. The maximum atomic E-state index is 5.63. The van der Waals surface area contributed by atoms with E-state index in [1.165, 1.54) is 29.2 Å². The molecule has 0 aliphatic carbocycles. The highest BCUT2D eigenvalue weighted by atomic mass is 127. The highest BCUT2D eigenvalue weighted by molar-refractivity contribution is 14.0. The molecule has 4 rings (SSSR count). The monoisotopic (exact) mass is 465 g/mol. The van der Waals surface area contributed by atoms with Crippen LogP contribution in [0.4, 0.5) is 0 Å². The topological polar surface area (TPSA) is 36.9 Å². The predicted octanol–water partition coefficient (Wildman–Crippen LogP) is 3.69. The molecule has 1 atom stereocenters. The van der Waals surface area contributed by atoms with E-state index in [9.17, 15) is 0 Å². The van der Waals surface area contributed by atoms with Gasteiger partial charge in [0.25, 0.3) is 0 Å². The second-order valence-corrected chi connectivity index (χ2v) is 7.38. The molecule has 2 heterocycles. The number of fused-ring (bicyclic) bond motifs is 1. The van der Waals surface area contributed by atoms with E-state index in [0.717, 1.165) is 45.2 Å². The van der Waals surface area contributed by atoms with Crippen molar-refractivity contribution in [2.45, 2.75) is 19.3 Å². The van der Waals surface area contributed by atoms with Gasteiger partial charge >= 0.3 is 0 Å².